The molecule has 0 unspecified atom stereocenters. The minimum Gasteiger partial charge on any atom is -0.375 e. The van der Waals surface area contributed by atoms with E-state index in [1.807, 2.05) is 13.8 Å². The average Bonchev–Trinajstić information content (AvgIpc) is 2.27. The lowest BCUT2D eigenvalue weighted by molar-refractivity contribution is -0.204. The van der Waals surface area contributed by atoms with Gasteiger partial charge in [-0.25, -0.2) is 0 Å². The highest BCUT2D eigenvalue weighted by molar-refractivity contribution is 4.78. The molecule has 2 heterocycles. The monoisotopic (exact) mass is 186 g/mol. The molecular formula is C10H18O3. The lowest BCUT2D eigenvalue weighted by Gasteiger charge is -2.28. The van der Waals surface area contributed by atoms with Gasteiger partial charge in [0.25, 0.3) is 0 Å². The molecule has 0 radical (unpaired) electrons. The molecule has 0 amide bonds. The molecule has 3 nitrogen and oxygen atoms in total. The Kier molecular flexibility index (Phi) is 2.58. The molecule has 2 aliphatic heterocycles. The Morgan fingerprint density at radius 3 is 2.77 bits per heavy atom. The third-order valence-corrected chi connectivity index (χ3v) is 2.82. The van der Waals surface area contributed by atoms with Crippen molar-refractivity contribution in [3.8, 4) is 0 Å². The lowest BCUT2D eigenvalue weighted by atomic mass is 9.96. The fourth-order valence-electron chi connectivity index (χ4n) is 1.91. The second-order valence-electron chi connectivity index (χ2n) is 4.33. The molecule has 2 atom stereocenters. The van der Waals surface area contributed by atoms with Gasteiger partial charge in [0.2, 0.25) is 0 Å². The van der Waals surface area contributed by atoms with Crippen LogP contribution in [0.25, 0.3) is 0 Å². The predicted octanol–water partition coefficient (Wildman–Crippen LogP) is 1.56. The summed E-state index contributed by atoms with van der Waals surface area (Å²) in [7, 11) is 0. The molecule has 0 bridgehead atoms. The van der Waals surface area contributed by atoms with Gasteiger partial charge in [0.1, 0.15) is 0 Å². The molecule has 0 aromatic heterocycles. The van der Waals surface area contributed by atoms with Gasteiger partial charge < -0.3 is 14.2 Å². The zero-order chi connectivity index (χ0) is 9.31. The van der Waals surface area contributed by atoms with E-state index in [0.29, 0.717) is 12.5 Å². The van der Waals surface area contributed by atoms with Crippen LogP contribution in [0.3, 0.4) is 0 Å². The molecule has 2 aliphatic rings. The molecule has 0 aromatic rings. The van der Waals surface area contributed by atoms with Crippen LogP contribution in [-0.4, -0.2) is 31.7 Å². The van der Waals surface area contributed by atoms with Crippen molar-refractivity contribution < 1.29 is 14.2 Å². The standard InChI is InChI=1S/C10H18O3/c1-10(2)12-6-8-4-3-5-11-9(8)7-13-10/h8-9H,3-7H2,1-2H3/t8-,9-/m0/s1. The maximum Gasteiger partial charge on any atom is 0.162 e. The summed E-state index contributed by atoms with van der Waals surface area (Å²) < 4.78 is 16.9. The van der Waals surface area contributed by atoms with Crippen LogP contribution in [0.4, 0.5) is 0 Å². The van der Waals surface area contributed by atoms with Crippen molar-refractivity contribution >= 4 is 0 Å². The fraction of sp³-hybridized carbons (Fsp3) is 1.00. The highest BCUT2D eigenvalue weighted by atomic mass is 16.7. The largest absolute Gasteiger partial charge is 0.375 e. The summed E-state index contributed by atoms with van der Waals surface area (Å²) in [6.45, 7) is 6.26. The number of ether oxygens (including phenoxy) is 3. The molecule has 0 saturated carbocycles. The fourth-order valence-corrected chi connectivity index (χ4v) is 1.91. The van der Waals surface area contributed by atoms with Crippen LogP contribution in [0.2, 0.25) is 0 Å². The zero-order valence-corrected chi connectivity index (χ0v) is 8.41. The van der Waals surface area contributed by atoms with Crippen molar-refractivity contribution in [2.75, 3.05) is 19.8 Å². The summed E-state index contributed by atoms with van der Waals surface area (Å²) in [5, 5.41) is 0. The maximum absolute atomic E-state index is 5.66. The van der Waals surface area contributed by atoms with E-state index in [-0.39, 0.29) is 6.10 Å². The van der Waals surface area contributed by atoms with Gasteiger partial charge in [-0.05, 0) is 26.7 Å². The normalized spacial score (nSPS) is 39.2. The van der Waals surface area contributed by atoms with Crippen LogP contribution in [-0.2, 0) is 14.2 Å². The number of fused-ring (bicyclic) bond motifs is 1. The summed E-state index contributed by atoms with van der Waals surface area (Å²) in [5.74, 6) is 0.108. The van der Waals surface area contributed by atoms with E-state index in [1.165, 1.54) is 6.42 Å². The van der Waals surface area contributed by atoms with Gasteiger partial charge in [-0.1, -0.05) is 0 Å². The summed E-state index contributed by atoms with van der Waals surface area (Å²) in [6, 6.07) is 0. The Bertz CT molecular complexity index is 161. The first-order chi connectivity index (χ1) is 6.17. The highest BCUT2D eigenvalue weighted by Gasteiger charge is 2.34. The first-order valence-corrected chi connectivity index (χ1v) is 5.07. The lowest BCUT2D eigenvalue weighted by Crippen LogP contribution is -2.33. The Hall–Kier alpha value is -0.120. The Morgan fingerprint density at radius 2 is 1.92 bits per heavy atom. The maximum atomic E-state index is 5.66. The summed E-state index contributed by atoms with van der Waals surface area (Å²) >= 11 is 0. The number of rotatable bonds is 0. The predicted molar refractivity (Wildman–Crippen MR) is 48.4 cm³/mol. The van der Waals surface area contributed by atoms with Crippen molar-refractivity contribution in [1.29, 1.82) is 0 Å². The summed E-state index contributed by atoms with van der Waals surface area (Å²) in [4.78, 5) is 0. The highest BCUT2D eigenvalue weighted by Crippen LogP contribution is 2.28. The smallest absolute Gasteiger partial charge is 0.162 e. The molecule has 2 rings (SSSR count). The average molecular weight is 186 g/mol. The number of hydrogen-bond acceptors (Lipinski definition) is 3. The zero-order valence-electron chi connectivity index (χ0n) is 8.41. The second-order valence-corrected chi connectivity index (χ2v) is 4.33. The Balaban J connectivity index is 1.99. The summed E-state index contributed by atoms with van der Waals surface area (Å²) in [6.07, 6.45) is 2.63. The van der Waals surface area contributed by atoms with Crippen molar-refractivity contribution in [3.63, 3.8) is 0 Å². The van der Waals surface area contributed by atoms with Crippen LogP contribution in [0.15, 0.2) is 0 Å². The van der Waals surface area contributed by atoms with Crippen molar-refractivity contribution in [3.05, 3.63) is 0 Å². The minimum absolute atomic E-state index is 0.260. The van der Waals surface area contributed by atoms with Crippen LogP contribution >= 0.6 is 0 Å². The van der Waals surface area contributed by atoms with Crippen molar-refractivity contribution in [1.82, 2.24) is 0 Å². The molecule has 0 aliphatic carbocycles. The van der Waals surface area contributed by atoms with Gasteiger partial charge in [-0.2, -0.15) is 0 Å². The van der Waals surface area contributed by atoms with Crippen molar-refractivity contribution in [2.24, 2.45) is 5.92 Å². The molecule has 0 spiro atoms. The van der Waals surface area contributed by atoms with E-state index in [2.05, 4.69) is 0 Å². The van der Waals surface area contributed by atoms with E-state index < -0.39 is 5.79 Å². The minimum atomic E-state index is -0.430. The van der Waals surface area contributed by atoms with Crippen molar-refractivity contribution in [2.45, 2.75) is 38.6 Å². The van der Waals surface area contributed by atoms with E-state index >= 15 is 0 Å². The SMILES string of the molecule is CC1(C)OC[C@@H]2CCCO[C@H]2CO1. The van der Waals surface area contributed by atoms with Gasteiger partial charge in [0.15, 0.2) is 5.79 Å². The molecule has 0 aromatic carbocycles. The molecule has 13 heavy (non-hydrogen) atoms. The Labute approximate surface area is 79.4 Å². The second kappa shape index (κ2) is 3.56. The van der Waals surface area contributed by atoms with E-state index in [4.69, 9.17) is 14.2 Å². The summed E-state index contributed by atoms with van der Waals surface area (Å²) in [5.41, 5.74) is 0. The van der Waals surface area contributed by atoms with Gasteiger partial charge in [0.05, 0.1) is 19.3 Å². The van der Waals surface area contributed by atoms with E-state index in [9.17, 15) is 0 Å². The molecule has 76 valence electrons. The molecule has 2 fully saturated rings. The van der Waals surface area contributed by atoms with Crippen LogP contribution in [0, 0.1) is 5.92 Å². The Morgan fingerprint density at radius 1 is 1.15 bits per heavy atom. The van der Waals surface area contributed by atoms with E-state index in [0.717, 1.165) is 19.6 Å². The van der Waals surface area contributed by atoms with Gasteiger partial charge in [-0.15, -0.1) is 0 Å². The van der Waals surface area contributed by atoms with E-state index in [1.54, 1.807) is 0 Å². The molecule has 3 heteroatoms. The van der Waals surface area contributed by atoms with Crippen LogP contribution in [0.1, 0.15) is 26.7 Å². The van der Waals surface area contributed by atoms with Gasteiger partial charge in [-0.3, -0.25) is 0 Å². The molecule has 2 saturated heterocycles. The van der Waals surface area contributed by atoms with Gasteiger partial charge >= 0.3 is 0 Å². The van der Waals surface area contributed by atoms with Gasteiger partial charge in [0, 0.05) is 12.5 Å². The van der Waals surface area contributed by atoms with Crippen LogP contribution < -0.4 is 0 Å². The molecular weight excluding hydrogens is 168 g/mol. The first-order valence-electron chi connectivity index (χ1n) is 5.07. The van der Waals surface area contributed by atoms with Crippen LogP contribution in [0.5, 0.6) is 0 Å². The number of hydrogen-bond donors (Lipinski definition) is 0. The molecule has 0 N–H and O–H groups in total. The third kappa shape index (κ3) is 2.22. The topological polar surface area (TPSA) is 27.7 Å². The first kappa shape index (κ1) is 9.44. The third-order valence-electron chi connectivity index (χ3n) is 2.82. The quantitative estimate of drug-likeness (QED) is 0.574.